The summed E-state index contributed by atoms with van der Waals surface area (Å²) in [5, 5.41) is 0. The first-order valence-electron chi connectivity index (χ1n) is 6.56. The van der Waals surface area contributed by atoms with E-state index in [2.05, 4.69) is 11.8 Å². The number of anilines is 1. The van der Waals surface area contributed by atoms with E-state index in [1.165, 1.54) is 5.56 Å². The van der Waals surface area contributed by atoms with Crippen LogP contribution in [0.2, 0.25) is 0 Å². The number of carbonyl (C=O) groups excluding carboxylic acids is 1. The number of aryl methyl sites for hydroxylation is 1. The lowest BCUT2D eigenvalue weighted by atomic mass is 10.2. The zero-order valence-electron chi connectivity index (χ0n) is 11.9. The van der Waals surface area contributed by atoms with E-state index in [4.69, 9.17) is 0 Å². The molecule has 0 saturated carbocycles. The van der Waals surface area contributed by atoms with Gasteiger partial charge in [-0.3, -0.25) is 9.69 Å². The summed E-state index contributed by atoms with van der Waals surface area (Å²) in [4.78, 5) is 15.9. The number of amides is 1. The predicted octanol–water partition coefficient (Wildman–Crippen LogP) is 2.69. The molecule has 1 aromatic carbocycles. The van der Waals surface area contributed by atoms with E-state index < -0.39 is 0 Å². The van der Waals surface area contributed by atoms with Crippen molar-refractivity contribution in [3.63, 3.8) is 0 Å². The summed E-state index contributed by atoms with van der Waals surface area (Å²) in [5.41, 5.74) is 2.16. The SMILES string of the molecule is CCCCN(C)CC(=O)N(C)c1ccc(C)cc1. The number of carbonyl (C=O) groups is 1. The van der Waals surface area contributed by atoms with Gasteiger partial charge in [-0.1, -0.05) is 31.0 Å². The second kappa shape index (κ2) is 7.17. The molecule has 0 radical (unpaired) electrons. The zero-order valence-corrected chi connectivity index (χ0v) is 11.9. The summed E-state index contributed by atoms with van der Waals surface area (Å²) in [7, 11) is 3.83. The van der Waals surface area contributed by atoms with E-state index in [1.54, 1.807) is 4.90 Å². The van der Waals surface area contributed by atoms with E-state index in [0.29, 0.717) is 6.54 Å². The molecule has 0 aliphatic carbocycles. The molecule has 1 aromatic rings. The number of hydrogen-bond acceptors (Lipinski definition) is 2. The molecule has 0 atom stereocenters. The maximum Gasteiger partial charge on any atom is 0.240 e. The number of unbranched alkanes of at least 4 members (excludes halogenated alkanes) is 1. The molecule has 0 N–H and O–H groups in total. The second-order valence-corrected chi connectivity index (χ2v) is 4.88. The van der Waals surface area contributed by atoms with Crippen LogP contribution in [0.25, 0.3) is 0 Å². The molecule has 1 rings (SSSR count). The number of hydrogen-bond donors (Lipinski definition) is 0. The molecule has 0 fully saturated rings. The van der Waals surface area contributed by atoms with Gasteiger partial charge in [0.05, 0.1) is 6.54 Å². The molecule has 0 aliphatic rings. The van der Waals surface area contributed by atoms with Gasteiger partial charge >= 0.3 is 0 Å². The Kier molecular flexibility index (Phi) is 5.86. The van der Waals surface area contributed by atoms with Crippen LogP contribution in [0.1, 0.15) is 25.3 Å². The quantitative estimate of drug-likeness (QED) is 0.773. The van der Waals surface area contributed by atoms with Crippen molar-refractivity contribution < 1.29 is 4.79 Å². The molecular weight excluding hydrogens is 224 g/mol. The van der Waals surface area contributed by atoms with Crippen LogP contribution in [0.4, 0.5) is 5.69 Å². The second-order valence-electron chi connectivity index (χ2n) is 4.88. The van der Waals surface area contributed by atoms with Gasteiger partial charge in [-0.15, -0.1) is 0 Å². The number of benzene rings is 1. The average Bonchev–Trinajstić information content (AvgIpc) is 2.36. The summed E-state index contributed by atoms with van der Waals surface area (Å²) in [6.45, 7) is 5.66. The van der Waals surface area contributed by atoms with Crippen molar-refractivity contribution in [2.45, 2.75) is 26.7 Å². The van der Waals surface area contributed by atoms with Crippen molar-refractivity contribution >= 4 is 11.6 Å². The summed E-state index contributed by atoms with van der Waals surface area (Å²) in [5.74, 6) is 0.137. The Labute approximate surface area is 110 Å². The fourth-order valence-electron chi connectivity index (χ4n) is 1.76. The number of rotatable bonds is 6. The first-order valence-corrected chi connectivity index (χ1v) is 6.56. The molecule has 0 aliphatic heterocycles. The summed E-state index contributed by atoms with van der Waals surface area (Å²) >= 11 is 0. The molecular formula is C15H24N2O. The molecule has 0 bridgehead atoms. The van der Waals surface area contributed by atoms with E-state index in [-0.39, 0.29) is 5.91 Å². The van der Waals surface area contributed by atoms with Gasteiger partial charge in [0, 0.05) is 12.7 Å². The monoisotopic (exact) mass is 248 g/mol. The fraction of sp³-hybridized carbons (Fsp3) is 0.533. The summed E-state index contributed by atoms with van der Waals surface area (Å²) in [6.07, 6.45) is 2.30. The zero-order chi connectivity index (χ0) is 13.5. The van der Waals surface area contributed by atoms with Crippen LogP contribution < -0.4 is 4.90 Å². The van der Waals surface area contributed by atoms with E-state index >= 15 is 0 Å². The Bertz CT molecular complexity index is 373. The minimum Gasteiger partial charge on any atom is -0.314 e. The maximum atomic E-state index is 12.1. The molecule has 0 unspecified atom stereocenters. The Balaban J connectivity index is 2.53. The predicted molar refractivity (Wildman–Crippen MR) is 77.0 cm³/mol. The van der Waals surface area contributed by atoms with Crippen molar-refractivity contribution in [1.29, 1.82) is 0 Å². The van der Waals surface area contributed by atoms with Crippen molar-refractivity contribution in [3.8, 4) is 0 Å². The minimum absolute atomic E-state index is 0.137. The van der Waals surface area contributed by atoms with Gasteiger partial charge in [0.1, 0.15) is 0 Å². The van der Waals surface area contributed by atoms with Crippen LogP contribution in [-0.2, 0) is 4.79 Å². The molecule has 3 heteroatoms. The molecule has 18 heavy (non-hydrogen) atoms. The maximum absolute atomic E-state index is 12.1. The van der Waals surface area contributed by atoms with Crippen molar-refractivity contribution in [3.05, 3.63) is 29.8 Å². The molecule has 0 spiro atoms. The number of nitrogens with zero attached hydrogens (tertiary/aromatic N) is 2. The van der Waals surface area contributed by atoms with Crippen LogP contribution in [0, 0.1) is 6.92 Å². The van der Waals surface area contributed by atoms with E-state index in [1.807, 2.05) is 45.3 Å². The van der Waals surface area contributed by atoms with Gasteiger partial charge in [0.25, 0.3) is 0 Å². The first kappa shape index (κ1) is 14.7. The topological polar surface area (TPSA) is 23.6 Å². The molecule has 0 heterocycles. The number of likely N-dealkylation sites (N-methyl/N-ethyl adjacent to an activating group) is 2. The van der Waals surface area contributed by atoms with Crippen molar-refractivity contribution in [2.24, 2.45) is 0 Å². The highest BCUT2D eigenvalue weighted by Gasteiger charge is 2.12. The highest BCUT2D eigenvalue weighted by atomic mass is 16.2. The van der Waals surface area contributed by atoms with Gasteiger partial charge in [0.15, 0.2) is 0 Å². The van der Waals surface area contributed by atoms with E-state index in [0.717, 1.165) is 25.1 Å². The third kappa shape index (κ3) is 4.49. The molecule has 3 nitrogen and oxygen atoms in total. The standard InChI is InChI=1S/C15H24N2O/c1-5-6-11-16(3)12-15(18)17(4)14-9-7-13(2)8-10-14/h7-10H,5-6,11-12H2,1-4H3. The van der Waals surface area contributed by atoms with Crippen LogP contribution in [0.3, 0.4) is 0 Å². The Morgan fingerprint density at radius 3 is 2.33 bits per heavy atom. The van der Waals surface area contributed by atoms with Crippen molar-refractivity contribution in [1.82, 2.24) is 4.90 Å². The van der Waals surface area contributed by atoms with Gasteiger partial charge in [0.2, 0.25) is 5.91 Å². The fourth-order valence-corrected chi connectivity index (χ4v) is 1.76. The smallest absolute Gasteiger partial charge is 0.240 e. The largest absolute Gasteiger partial charge is 0.314 e. The van der Waals surface area contributed by atoms with Crippen LogP contribution >= 0.6 is 0 Å². The van der Waals surface area contributed by atoms with Crippen LogP contribution in [-0.4, -0.2) is 38.0 Å². The van der Waals surface area contributed by atoms with Gasteiger partial charge in [-0.05, 0) is 39.1 Å². The molecule has 0 aromatic heterocycles. The van der Waals surface area contributed by atoms with Crippen LogP contribution in [0.5, 0.6) is 0 Å². The lowest BCUT2D eigenvalue weighted by Gasteiger charge is -2.22. The van der Waals surface area contributed by atoms with E-state index in [9.17, 15) is 4.79 Å². The van der Waals surface area contributed by atoms with Crippen molar-refractivity contribution in [2.75, 3.05) is 32.1 Å². The summed E-state index contributed by atoms with van der Waals surface area (Å²) in [6, 6.07) is 8.03. The Hall–Kier alpha value is -1.35. The Morgan fingerprint density at radius 1 is 1.17 bits per heavy atom. The minimum atomic E-state index is 0.137. The van der Waals surface area contributed by atoms with Gasteiger partial charge < -0.3 is 4.90 Å². The average molecular weight is 248 g/mol. The normalized spacial score (nSPS) is 10.7. The molecule has 1 amide bonds. The third-order valence-electron chi connectivity index (χ3n) is 3.09. The lowest BCUT2D eigenvalue weighted by molar-refractivity contribution is -0.119. The highest BCUT2D eigenvalue weighted by Crippen LogP contribution is 2.13. The summed E-state index contributed by atoms with van der Waals surface area (Å²) < 4.78 is 0. The van der Waals surface area contributed by atoms with Crippen LogP contribution in [0.15, 0.2) is 24.3 Å². The molecule has 0 saturated heterocycles. The van der Waals surface area contributed by atoms with Gasteiger partial charge in [-0.25, -0.2) is 0 Å². The molecule has 100 valence electrons. The lowest BCUT2D eigenvalue weighted by Crippen LogP contribution is -2.37. The highest BCUT2D eigenvalue weighted by molar-refractivity contribution is 5.94. The van der Waals surface area contributed by atoms with Gasteiger partial charge in [-0.2, -0.15) is 0 Å². The first-order chi connectivity index (χ1) is 8.54. The Morgan fingerprint density at radius 2 is 1.78 bits per heavy atom. The third-order valence-corrected chi connectivity index (χ3v) is 3.09.